The van der Waals surface area contributed by atoms with Gasteiger partial charge in [0.2, 0.25) is 0 Å². The molecule has 0 aromatic heterocycles. The minimum absolute atomic E-state index is 0.0671. The summed E-state index contributed by atoms with van der Waals surface area (Å²) in [5, 5.41) is -1.19. The number of rotatable bonds is 10. The topological polar surface area (TPSA) is 131 Å². The summed E-state index contributed by atoms with van der Waals surface area (Å²) in [5.74, 6) is 0. The molecule has 0 unspecified atom stereocenters. The molecule has 0 radical (unpaired) electrons. The van der Waals surface area contributed by atoms with Gasteiger partial charge in [0.1, 0.15) is 0 Å². The highest BCUT2D eigenvalue weighted by atomic mass is 31.3. The van der Waals surface area contributed by atoms with Crippen molar-refractivity contribution in [2.45, 2.75) is 51.9 Å². The minimum atomic E-state index is -4.92. The fraction of sp³-hybridized carbons (Fsp3) is 0.900. The zero-order chi connectivity index (χ0) is 14.9. The van der Waals surface area contributed by atoms with Gasteiger partial charge in [0.15, 0.2) is 0 Å². The van der Waals surface area contributed by atoms with E-state index in [2.05, 4.69) is 11.9 Å². The Morgan fingerprint density at radius 3 is 1.89 bits per heavy atom. The molecule has 0 aliphatic rings. The van der Waals surface area contributed by atoms with Crippen molar-refractivity contribution in [1.29, 1.82) is 0 Å². The van der Waals surface area contributed by atoms with E-state index in [4.69, 9.17) is 24.5 Å². The summed E-state index contributed by atoms with van der Waals surface area (Å²) < 4.78 is 10.9. The molecule has 0 rings (SSSR count). The minimum Gasteiger partial charge on any atom is -0.317 e. The number of nitrogens with zero attached hydrogens (tertiary/aromatic N) is 1. The van der Waals surface area contributed by atoms with Crippen LogP contribution in [0.15, 0.2) is 4.99 Å². The first-order valence-electron chi connectivity index (χ1n) is 6.38. The number of aliphatic imine (C=N–C) groups is 1. The van der Waals surface area contributed by atoms with Gasteiger partial charge in [-0.15, -0.1) is 0 Å². The zero-order valence-electron chi connectivity index (χ0n) is 11.1. The Kier molecular flexibility index (Phi) is 9.20. The van der Waals surface area contributed by atoms with E-state index in [1.165, 1.54) is 19.3 Å². The Bertz CT molecular complexity index is 322. The number of hydrogen-bond acceptors (Lipinski definition) is 5. The lowest BCUT2D eigenvalue weighted by Gasteiger charge is -2.08. The predicted octanol–water partition coefficient (Wildman–Crippen LogP) is 2.01. The van der Waals surface area contributed by atoms with E-state index in [0.29, 0.717) is 6.42 Å². The third-order valence-electron chi connectivity index (χ3n) is 2.54. The van der Waals surface area contributed by atoms with E-state index in [1.807, 2.05) is 0 Å². The molecule has 0 atom stereocenters. The third kappa shape index (κ3) is 9.63. The zero-order valence-corrected chi connectivity index (χ0v) is 12.9. The van der Waals surface area contributed by atoms with E-state index < -0.39 is 20.7 Å². The normalized spacial score (nSPS) is 13.9. The van der Waals surface area contributed by atoms with Crippen molar-refractivity contribution in [3.63, 3.8) is 0 Å². The highest BCUT2D eigenvalue weighted by Crippen LogP contribution is 2.60. The van der Waals surface area contributed by atoms with Crippen LogP contribution in [0.4, 0.5) is 0 Å². The van der Waals surface area contributed by atoms with Crippen LogP contribution in [-0.4, -0.2) is 36.2 Å². The third-order valence-corrected chi connectivity index (χ3v) is 5.47. The molecular formula is C10H24NO6P2+. The summed E-state index contributed by atoms with van der Waals surface area (Å²) in [6, 6.07) is 0. The lowest BCUT2D eigenvalue weighted by Crippen LogP contribution is -2.07. The highest BCUT2D eigenvalue weighted by molar-refractivity contribution is 8.00. The lowest BCUT2D eigenvalue weighted by atomic mass is 10.1. The van der Waals surface area contributed by atoms with Crippen LogP contribution in [0.1, 0.15) is 51.9 Å². The van der Waals surface area contributed by atoms with Gasteiger partial charge in [0.25, 0.3) is 0 Å². The van der Waals surface area contributed by atoms with Gasteiger partial charge in [-0.3, -0.25) is 0 Å². The van der Waals surface area contributed by atoms with Gasteiger partial charge in [0.05, 0.1) is 0 Å². The fourth-order valence-corrected chi connectivity index (χ4v) is 3.58. The van der Waals surface area contributed by atoms with Crippen molar-refractivity contribution in [3.05, 3.63) is 0 Å². The molecule has 0 aromatic rings. The molecule has 114 valence electrons. The van der Waals surface area contributed by atoms with Crippen molar-refractivity contribution in [1.82, 2.24) is 0 Å². The molecule has 5 N–H and O–H groups in total. The molecular weight excluding hydrogens is 292 g/mol. The monoisotopic (exact) mass is 316 g/mol. The molecule has 7 nitrogen and oxygen atoms in total. The average Bonchev–Trinajstić information content (AvgIpc) is 2.23. The van der Waals surface area contributed by atoms with Crippen LogP contribution < -0.4 is 0 Å². The first kappa shape index (κ1) is 19.1. The fourth-order valence-electron chi connectivity index (χ4n) is 1.61. The van der Waals surface area contributed by atoms with Crippen LogP contribution >= 0.6 is 15.5 Å². The quantitative estimate of drug-likeness (QED) is 0.238. The Balaban J connectivity index is 4.05. The van der Waals surface area contributed by atoms with Crippen molar-refractivity contribution in [3.8, 4) is 0 Å². The molecule has 0 heterocycles. The number of hydrogen-bond donors (Lipinski definition) is 5. The van der Waals surface area contributed by atoms with Crippen LogP contribution in [0.25, 0.3) is 0 Å². The van der Waals surface area contributed by atoms with Gasteiger partial charge in [-0.25, -0.2) is 9.56 Å². The SMILES string of the molecule is CCCCCCCCCN=C(P(=O)(O)O)[P+](O)(O)O. The second kappa shape index (κ2) is 9.14. The van der Waals surface area contributed by atoms with Crippen LogP contribution in [-0.2, 0) is 4.57 Å². The highest BCUT2D eigenvalue weighted by Gasteiger charge is 2.51. The molecule has 0 saturated heterocycles. The molecule has 19 heavy (non-hydrogen) atoms. The summed E-state index contributed by atoms with van der Waals surface area (Å²) in [6.45, 7) is 2.20. The van der Waals surface area contributed by atoms with Gasteiger partial charge >= 0.3 is 20.7 Å². The molecule has 0 aliphatic carbocycles. The van der Waals surface area contributed by atoms with Crippen molar-refractivity contribution < 1.29 is 29.0 Å². The first-order chi connectivity index (χ1) is 8.69. The Morgan fingerprint density at radius 2 is 1.47 bits per heavy atom. The maximum atomic E-state index is 10.9. The van der Waals surface area contributed by atoms with E-state index in [1.54, 1.807) is 0 Å². The second-order valence-corrected chi connectivity index (χ2v) is 7.84. The Hall–Kier alpha value is 0.130. The van der Waals surface area contributed by atoms with Crippen LogP contribution in [0.3, 0.4) is 0 Å². The largest absolute Gasteiger partial charge is 0.469 e. The summed E-state index contributed by atoms with van der Waals surface area (Å²) in [7, 11) is -9.65. The predicted molar refractivity (Wildman–Crippen MR) is 75.9 cm³/mol. The van der Waals surface area contributed by atoms with Crippen LogP contribution in [0.2, 0.25) is 0 Å². The van der Waals surface area contributed by atoms with E-state index in [0.717, 1.165) is 19.3 Å². The van der Waals surface area contributed by atoms with Crippen LogP contribution in [0.5, 0.6) is 0 Å². The van der Waals surface area contributed by atoms with Gasteiger partial charge in [-0.2, -0.15) is 14.7 Å². The van der Waals surface area contributed by atoms with E-state index in [-0.39, 0.29) is 6.54 Å². The molecule has 0 saturated carbocycles. The molecule has 0 amide bonds. The summed E-state index contributed by atoms with van der Waals surface area (Å²) in [4.78, 5) is 47.9. The Labute approximate surface area is 114 Å². The average molecular weight is 316 g/mol. The maximum Gasteiger partial charge on any atom is 0.469 e. The molecule has 0 bridgehead atoms. The molecule has 0 aromatic carbocycles. The van der Waals surface area contributed by atoms with Gasteiger partial charge < -0.3 is 9.79 Å². The maximum absolute atomic E-state index is 10.9. The smallest absolute Gasteiger partial charge is 0.317 e. The standard InChI is InChI=1S/C10H23NO6P2/c1-2-3-4-5-6-7-8-9-11-10(18(12,13)14)19(15,16)17/h12-14H,2-9H2,1H3,(H-,15,16,17)/p+1. The van der Waals surface area contributed by atoms with Crippen molar-refractivity contribution in [2.75, 3.05) is 6.54 Å². The molecule has 0 fully saturated rings. The van der Waals surface area contributed by atoms with Crippen LogP contribution in [0, 0.1) is 0 Å². The molecule has 0 spiro atoms. The van der Waals surface area contributed by atoms with Crippen molar-refractivity contribution in [2.24, 2.45) is 4.99 Å². The number of unbranched alkanes of at least 4 members (excludes halogenated alkanes) is 6. The van der Waals surface area contributed by atoms with Gasteiger partial charge in [-0.1, -0.05) is 45.4 Å². The first-order valence-corrected chi connectivity index (χ1v) is 9.64. The second-order valence-electron chi connectivity index (χ2n) is 4.42. The summed E-state index contributed by atoms with van der Waals surface area (Å²) >= 11 is 0. The van der Waals surface area contributed by atoms with Gasteiger partial charge in [-0.05, 0) is 6.42 Å². The van der Waals surface area contributed by atoms with E-state index >= 15 is 0 Å². The summed E-state index contributed by atoms with van der Waals surface area (Å²) in [5.41, 5.74) is 0. The summed E-state index contributed by atoms with van der Waals surface area (Å²) in [6.07, 6.45) is 7.12. The van der Waals surface area contributed by atoms with E-state index in [9.17, 15) is 4.57 Å². The molecule has 0 aliphatic heterocycles. The Morgan fingerprint density at radius 1 is 1.00 bits per heavy atom. The van der Waals surface area contributed by atoms with Gasteiger partial charge in [0, 0.05) is 6.54 Å². The lowest BCUT2D eigenvalue weighted by molar-refractivity contribution is 0.348. The van der Waals surface area contributed by atoms with Crippen molar-refractivity contribution >= 4 is 20.7 Å². The molecule has 9 heteroatoms.